The van der Waals surface area contributed by atoms with Crippen LogP contribution in [0.1, 0.15) is 34.6 Å². The number of nitrogens with zero attached hydrogens (tertiary/aromatic N) is 2. The third kappa shape index (κ3) is 2.85. The van der Waals surface area contributed by atoms with Gasteiger partial charge in [-0.3, -0.25) is 4.79 Å². The van der Waals surface area contributed by atoms with E-state index in [1.54, 1.807) is 41.9 Å². The summed E-state index contributed by atoms with van der Waals surface area (Å²) >= 11 is 0. The van der Waals surface area contributed by atoms with Gasteiger partial charge in [-0.2, -0.15) is 0 Å². The number of aromatic nitrogens is 2. The molecule has 142 valence electrons. The van der Waals surface area contributed by atoms with E-state index in [1.807, 2.05) is 6.07 Å². The molecule has 2 heterocycles. The monoisotopic (exact) mass is 377 g/mol. The number of benzene rings is 1. The molecular weight excluding hydrogens is 357 g/mol. The molecule has 4 N–H and O–H groups in total. The molecule has 7 heteroatoms. The lowest BCUT2D eigenvalue weighted by atomic mass is 10.0. The molecule has 3 aromatic rings. The maximum absolute atomic E-state index is 14.2. The van der Waals surface area contributed by atoms with Gasteiger partial charge in [-0.05, 0) is 37.1 Å². The average Bonchev–Trinajstić information content (AvgIpc) is 3.39. The van der Waals surface area contributed by atoms with E-state index in [0.717, 1.165) is 11.6 Å². The van der Waals surface area contributed by atoms with E-state index in [2.05, 4.69) is 10.3 Å². The molecule has 1 saturated carbocycles. The largest absolute Gasteiger partial charge is 0.404 e. The summed E-state index contributed by atoms with van der Waals surface area (Å²) in [6.07, 6.45) is 3.87. The van der Waals surface area contributed by atoms with Crippen LogP contribution in [0.25, 0.3) is 16.6 Å². The number of amides is 1. The molecule has 1 aliphatic carbocycles. The van der Waals surface area contributed by atoms with E-state index in [4.69, 9.17) is 11.1 Å². The summed E-state index contributed by atoms with van der Waals surface area (Å²) in [5.74, 6) is -0.583. The summed E-state index contributed by atoms with van der Waals surface area (Å²) in [5, 5.41) is 11.2. The quantitative estimate of drug-likeness (QED) is 0.596. The van der Waals surface area contributed by atoms with Crippen molar-refractivity contribution in [3.8, 4) is 0 Å². The molecule has 1 fully saturated rings. The number of nitrogens with one attached hydrogen (secondary N) is 2. The van der Waals surface area contributed by atoms with Gasteiger partial charge in [0.15, 0.2) is 0 Å². The zero-order valence-corrected chi connectivity index (χ0v) is 15.4. The van der Waals surface area contributed by atoms with Crippen LogP contribution in [0, 0.1) is 11.2 Å². The Balaban J connectivity index is 1.68. The fourth-order valence-corrected chi connectivity index (χ4v) is 3.50. The van der Waals surface area contributed by atoms with E-state index < -0.39 is 5.54 Å². The summed E-state index contributed by atoms with van der Waals surface area (Å²) in [6, 6.07) is 11.9. The highest BCUT2D eigenvalue weighted by Gasteiger charge is 2.47. The van der Waals surface area contributed by atoms with Crippen LogP contribution in [0.3, 0.4) is 0 Å². The number of aryl methyl sites for hydroxylation is 1. The zero-order valence-electron chi connectivity index (χ0n) is 15.4. The molecule has 0 radical (unpaired) electrons. The first-order valence-corrected chi connectivity index (χ1v) is 8.96. The third-order valence-electron chi connectivity index (χ3n) is 5.23. The number of hydrogen-bond acceptors (Lipinski definition) is 4. The first-order chi connectivity index (χ1) is 13.5. The SMILES string of the molecule is Cn1c(C(=O)NC2(c3ccccc3F)CC2)cc2ccc(/C(C=N)=C/N)nc21. The first kappa shape index (κ1) is 17.9. The molecule has 0 bridgehead atoms. The number of fused-ring (bicyclic) bond motifs is 1. The van der Waals surface area contributed by atoms with Gasteiger partial charge < -0.3 is 21.0 Å². The molecule has 0 unspecified atom stereocenters. The second-order valence-corrected chi connectivity index (χ2v) is 6.98. The van der Waals surface area contributed by atoms with Crippen molar-refractivity contribution in [3.63, 3.8) is 0 Å². The topological polar surface area (TPSA) is 96.8 Å². The maximum atomic E-state index is 14.2. The third-order valence-corrected chi connectivity index (χ3v) is 5.23. The molecule has 28 heavy (non-hydrogen) atoms. The van der Waals surface area contributed by atoms with Gasteiger partial charge in [0.1, 0.15) is 17.2 Å². The highest BCUT2D eigenvalue weighted by molar-refractivity contribution is 6.08. The van der Waals surface area contributed by atoms with Crippen LogP contribution in [-0.2, 0) is 12.6 Å². The lowest BCUT2D eigenvalue weighted by Gasteiger charge is -2.18. The predicted molar refractivity (Wildman–Crippen MR) is 106 cm³/mol. The molecule has 1 aromatic carbocycles. The van der Waals surface area contributed by atoms with Crippen molar-refractivity contribution < 1.29 is 9.18 Å². The van der Waals surface area contributed by atoms with E-state index in [-0.39, 0.29) is 11.7 Å². The molecule has 0 spiro atoms. The van der Waals surface area contributed by atoms with Gasteiger partial charge in [0, 0.05) is 36.0 Å². The Morgan fingerprint density at radius 2 is 2.07 bits per heavy atom. The summed E-state index contributed by atoms with van der Waals surface area (Å²) in [7, 11) is 1.76. The van der Waals surface area contributed by atoms with Crippen molar-refractivity contribution in [3.05, 3.63) is 71.4 Å². The number of carbonyl (C=O) groups is 1. The van der Waals surface area contributed by atoms with Gasteiger partial charge in [0.2, 0.25) is 0 Å². The summed E-state index contributed by atoms with van der Waals surface area (Å²) in [6.45, 7) is 0. The minimum Gasteiger partial charge on any atom is -0.404 e. The van der Waals surface area contributed by atoms with Crippen molar-refractivity contribution in [1.29, 1.82) is 5.41 Å². The minimum atomic E-state index is -0.646. The Hall–Kier alpha value is -3.48. The van der Waals surface area contributed by atoms with Crippen LogP contribution >= 0.6 is 0 Å². The van der Waals surface area contributed by atoms with Crippen molar-refractivity contribution in [1.82, 2.24) is 14.9 Å². The van der Waals surface area contributed by atoms with Crippen molar-refractivity contribution in [2.45, 2.75) is 18.4 Å². The standard InChI is InChI=1S/C21H20FN5O/c1-27-18(10-13-6-7-17(25-19(13)27)14(11-23)12-24)20(28)26-21(8-9-21)15-4-2-3-5-16(15)22/h2-7,10-12,23H,8-9,24H2,1H3,(H,26,28)/b14-12+,23-11?. The number of pyridine rings is 1. The van der Waals surface area contributed by atoms with Gasteiger partial charge >= 0.3 is 0 Å². The molecule has 6 nitrogen and oxygen atoms in total. The Morgan fingerprint density at radius 3 is 2.71 bits per heavy atom. The molecule has 0 saturated heterocycles. The van der Waals surface area contributed by atoms with E-state index >= 15 is 0 Å². The molecular formula is C21H20FN5O. The Morgan fingerprint density at radius 1 is 1.32 bits per heavy atom. The number of carbonyl (C=O) groups excluding carboxylic acids is 1. The fourth-order valence-electron chi connectivity index (χ4n) is 3.50. The van der Waals surface area contributed by atoms with Crippen LogP contribution in [0.15, 0.2) is 48.7 Å². The van der Waals surface area contributed by atoms with Gasteiger partial charge in [0.25, 0.3) is 5.91 Å². The summed E-state index contributed by atoms with van der Waals surface area (Å²) in [5.41, 5.74) is 7.51. The van der Waals surface area contributed by atoms with Crippen molar-refractivity contribution >= 4 is 28.7 Å². The number of halogens is 1. The smallest absolute Gasteiger partial charge is 0.268 e. The van der Waals surface area contributed by atoms with Crippen molar-refractivity contribution in [2.75, 3.05) is 0 Å². The van der Waals surface area contributed by atoms with Gasteiger partial charge in [-0.1, -0.05) is 18.2 Å². The normalized spacial score (nSPS) is 15.4. The molecule has 1 aliphatic rings. The fraction of sp³-hybridized carbons (Fsp3) is 0.190. The Labute approximate surface area is 161 Å². The van der Waals surface area contributed by atoms with Crippen molar-refractivity contribution in [2.24, 2.45) is 12.8 Å². The number of hydrogen-bond donors (Lipinski definition) is 3. The molecule has 2 aromatic heterocycles. The summed E-state index contributed by atoms with van der Waals surface area (Å²) in [4.78, 5) is 17.5. The highest BCUT2D eigenvalue weighted by Crippen LogP contribution is 2.46. The molecule has 0 atom stereocenters. The second-order valence-electron chi connectivity index (χ2n) is 6.98. The number of rotatable bonds is 5. The van der Waals surface area contributed by atoms with Gasteiger partial charge in [-0.15, -0.1) is 0 Å². The second kappa shape index (κ2) is 6.60. The van der Waals surface area contributed by atoms with Crippen LogP contribution < -0.4 is 11.1 Å². The Kier molecular flexibility index (Phi) is 4.22. The Bertz CT molecular complexity index is 1130. The molecule has 1 amide bonds. The predicted octanol–water partition coefficient (Wildman–Crippen LogP) is 3.08. The van der Waals surface area contributed by atoms with E-state index in [1.165, 1.54) is 12.3 Å². The lowest BCUT2D eigenvalue weighted by molar-refractivity contribution is 0.0922. The van der Waals surface area contributed by atoms with E-state index in [0.29, 0.717) is 41.0 Å². The van der Waals surface area contributed by atoms with Crippen LogP contribution in [-0.4, -0.2) is 21.7 Å². The van der Waals surface area contributed by atoms with Gasteiger partial charge in [0.05, 0.1) is 11.2 Å². The van der Waals surface area contributed by atoms with Crippen LogP contribution in [0.2, 0.25) is 0 Å². The maximum Gasteiger partial charge on any atom is 0.268 e. The minimum absolute atomic E-state index is 0.274. The average molecular weight is 377 g/mol. The molecule has 4 rings (SSSR count). The van der Waals surface area contributed by atoms with Crippen LogP contribution in [0.5, 0.6) is 0 Å². The lowest BCUT2D eigenvalue weighted by Crippen LogP contribution is -2.36. The summed E-state index contributed by atoms with van der Waals surface area (Å²) < 4.78 is 15.9. The van der Waals surface area contributed by atoms with E-state index in [9.17, 15) is 9.18 Å². The highest BCUT2D eigenvalue weighted by atomic mass is 19.1. The molecule has 0 aliphatic heterocycles. The number of allylic oxidation sites excluding steroid dienone is 1. The zero-order chi connectivity index (χ0) is 19.9. The number of nitrogens with two attached hydrogens (primary N) is 1. The van der Waals surface area contributed by atoms with Crippen LogP contribution in [0.4, 0.5) is 4.39 Å². The van der Waals surface area contributed by atoms with Gasteiger partial charge in [-0.25, -0.2) is 9.37 Å². The first-order valence-electron chi connectivity index (χ1n) is 8.96.